The van der Waals surface area contributed by atoms with Gasteiger partial charge in [-0.3, -0.25) is 20.1 Å². The molecular formula is C19H21N5O3. The van der Waals surface area contributed by atoms with Gasteiger partial charge in [-0.25, -0.2) is 0 Å². The summed E-state index contributed by atoms with van der Waals surface area (Å²) in [6.45, 7) is 4.70. The molecule has 2 heterocycles. The van der Waals surface area contributed by atoms with Gasteiger partial charge in [0.2, 0.25) is 0 Å². The fourth-order valence-electron chi connectivity index (χ4n) is 3.34. The van der Waals surface area contributed by atoms with E-state index in [1.807, 2.05) is 36.4 Å². The van der Waals surface area contributed by atoms with Gasteiger partial charge in [-0.15, -0.1) is 0 Å². The number of aromatic nitrogens is 2. The molecule has 0 unspecified atom stereocenters. The molecule has 2 N–H and O–H groups in total. The third kappa shape index (κ3) is 3.76. The Hall–Kier alpha value is -2.97. The fourth-order valence-corrected chi connectivity index (χ4v) is 3.34. The van der Waals surface area contributed by atoms with Crippen LogP contribution in [0.1, 0.15) is 0 Å². The molecule has 0 amide bonds. The smallest absolute Gasteiger partial charge is 0.294 e. The van der Waals surface area contributed by atoms with Crippen LogP contribution in [-0.2, 0) is 4.74 Å². The lowest BCUT2D eigenvalue weighted by Gasteiger charge is -2.26. The molecule has 2 aromatic carbocycles. The van der Waals surface area contributed by atoms with Crippen molar-refractivity contribution >= 4 is 22.3 Å². The van der Waals surface area contributed by atoms with E-state index in [0.717, 1.165) is 49.5 Å². The average Bonchev–Trinajstić information content (AvgIpc) is 3.11. The molecule has 1 saturated heterocycles. The predicted molar refractivity (Wildman–Crippen MR) is 104 cm³/mol. The van der Waals surface area contributed by atoms with E-state index in [1.54, 1.807) is 6.07 Å². The first-order chi connectivity index (χ1) is 13.2. The second-order valence-electron chi connectivity index (χ2n) is 6.49. The summed E-state index contributed by atoms with van der Waals surface area (Å²) in [5.41, 5.74) is 2.97. The number of hydrogen-bond donors (Lipinski definition) is 2. The SMILES string of the molecule is O=[N+]([O-])c1cc2[nH]nc(-c3ccccc3)c2cc1NCCN1CCOCC1. The first-order valence-corrected chi connectivity index (χ1v) is 8.98. The molecule has 1 aliphatic rings. The van der Waals surface area contributed by atoms with Gasteiger partial charge in [0.25, 0.3) is 5.69 Å². The summed E-state index contributed by atoms with van der Waals surface area (Å²) in [5.74, 6) is 0. The monoisotopic (exact) mass is 367 g/mol. The van der Waals surface area contributed by atoms with Gasteiger partial charge in [-0.1, -0.05) is 30.3 Å². The molecule has 0 saturated carbocycles. The number of nitrogens with one attached hydrogen (secondary N) is 2. The largest absolute Gasteiger partial charge is 0.379 e. The molecule has 0 aliphatic carbocycles. The van der Waals surface area contributed by atoms with E-state index in [2.05, 4.69) is 20.4 Å². The number of rotatable bonds is 6. The van der Waals surface area contributed by atoms with Gasteiger partial charge in [-0.05, 0) is 6.07 Å². The van der Waals surface area contributed by atoms with Crippen LogP contribution in [0.2, 0.25) is 0 Å². The van der Waals surface area contributed by atoms with Crippen molar-refractivity contribution in [3.05, 3.63) is 52.6 Å². The van der Waals surface area contributed by atoms with E-state index in [1.165, 1.54) is 0 Å². The number of hydrogen-bond acceptors (Lipinski definition) is 6. The Balaban J connectivity index is 1.61. The van der Waals surface area contributed by atoms with E-state index in [9.17, 15) is 10.1 Å². The van der Waals surface area contributed by atoms with Crippen molar-refractivity contribution in [2.24, 2.45) is 0 Å². The number of ether oxygens (including phenoxy) is 1. The lowest BCUT2D eigenvalue weighted by Crippen LogP contribution is -2.39. The zero-order chi connectivity index (χ0) is 18.6. The van der Waals surface area contributed by atoms with Crippen LogP contribution in [0.3, 0.4) is 0 Å². The van der Waals surface area contributed by atoms with Gasteiger partial charge < -0.3 is 10.1 Å². The third-order valence-corrected chi connectivity index (χ3v) is 4.77. The molecule has 1 aromatic heterocycles. The first kappa shape index (κ1) is 17.4. The number of morpholine rings is 1. The lowest BCUT2D eigenvalue weighted by molar-refractivity contribution is -0.383. The number of fused-ring (bicyclic) bond motifs is 1. The van der Waals surface area contributed by atoms with Crippen LogP contribution in [0.5, 0.6) is 0 Å². The van der Waals surface area contributed by atoms with E-state index < -0.39 is 0 Å². The topological polar surface area (TPSA) is 96.3 Å². The quantitative estimate of drug-likeness (QED) is 0.514. The molecule has 0 atom stereocenters. The molecule has 3 aromatic rings. The van der Waals surface area contributed by atoms with Crippen LogP contribution in [0.4, 0.5) is 11.4 Å². The number of anilines is 1. The zero-order valence-electron chi connectivity index (χ0n) is 14.9. The third-order valence-electron chi connectivity index (χ3n) is 4.77. The van der Waals surface area contributed by atoms with Crippen LogP contribution >= 0.6 is 0 Å². The summed E-state index contributed by atoms with van der Waals surface area (Å²) >= 11 is 0. The number of nitro groups is 1. The Bertz CT molecular complexity index is 935. The summed E-state index contributed by atoms with van der Waals surface area (Å²) < 4.78 is 5.35. The highest BCUT2D eigenvalue weighted by atomic mass is 16.6. The maximum atomic E-state index is 11.5. The van der Waals surface area contributed by atoms with Crippen molar-refractivity contribution in [3.63, 3.8) is 0 Å². The number of nitrogens with zero attached hydrogens (tertiary/aromatic N) is 3. The standard InChI is InChI=1S/C19H21N5O3/c25-24(26)18-13-16-15(19(22-21-16)14-4-2-1-3-5-14)12-17(18)20-6-7-23-8-10-27-11-9-23/h1-5,12-13,20H,6-11H2,(H,21,22). The molecular weight excluding hydrogens is 346 g/mol. The molecule has 8 heteroatoms. The predicted octanol–water partition coefficient (Wildman–Crippen LogP) is 2.88. The summed E-state index contributed by atoms with van der Waals surface area (Å²) in [7, 11) is 0. The van der Waals surface area contributed by atoms with E-state index >= 15 is 0 Å². The van der Waals surface area contributed by atoms with Crippen LogP contribution in [-0.4, -0.2) is 59.4 Å². The van der Waals surface area contributed by atoms with E-state index in [-0.39, 0.29) is 10.6 Å². The Morgan fingerprint density at radius 1 is 1.22 bits per heavy atom. The molecule has 140 valence electrons. The Morgan fingerprint density at radius 3 is 2.74 bits per heavy atom. The molecule has 1 aliphatic heterocycles. The van der Waals surface area contributed by atoms with Crippen molar-refractivity contribution in [2.45, 2.75) is 0 Å². The van der Waals surface area contributed by atoms with E-state index in [4.69, 9.17) is 4.74 Å². The maximum Gasteiger partial charge on any atom is 0.294 e. The second-order valence-corrected chi connectivity index (χ2v) is 6.49. The summed E-state index contributed by atoms with van der Waals surface area (Å²) in [6, 6.07) is 13.2. The first-order valence-electron chi connectivity index (χ1n) is 8.98. The second kappa shape index (κ2) is 7.73. The van der Waals surface area contributed by atoms with Gasteiger partial charge in [0.15, 0.2) is 0 Å². The highest BCUT2D eigenvalue weighted by molar-refractivity contribution is 5.97. The number of nitro benzene ring substituents is 1. The van der Waals surface area contributed by atoms with Crippen LogP contribution in [0, 0.1) is 10.1 Å². The van der Waals surface area contributed by atoms with Gasteiger partial charge in [0.05, 0.1) is 29.3 Å². The van der Waals surface area contributed by atoms with Gasteiger partial charge in [0.1, 0.15) is 5.69 Å². The summed E-state index contributed by atoms with van der Waals surface area (Å²) in [4.78, 5) is 13.4. The number of benzene rings is 2. The summed E-state index contributed by atoms with van der Waals surface area (Å²) in [6.07, 6.45) is 0. The zero-order valence-corrected chi connectivity index (χ0v) is 14.9. The maximum absolute atomic E-state index is 11.5. The van der Waals surface area contributed by atoms with Crippen molar-refractivity contribution in [2.75, 3.05) is 44.7 Å². The molecule has 27 heavy (non-hydrogen) atoms. The summed E-state index contributed by atoms with van der Waals surface area (Å²) in [5, 5.41) is 22.9. The van der Waals surface area contributed by atoms with Gasteiger partial charge in [0, 0.05) is 43.2 Å². The highest BCUT2D eigenvalue weighted by Gasteiger charge is 2.19. The molecule has 1 fully saturated rings. The van der Waals surface area contributed by atoms with Crippen LogP contribution < -0.4 is 5.32 Å². The lowest BCUT2D eigenvalue weighted by atomic mass is 10.1. The number of aromatic amines is 1. The molecule has 0 radical (unpaired) electrons. The van der Waals surface area contributed by atoms with Crippen molar-refractivity contribution in [1.82, 2.24) is 15.1 Å². The number of H-pyrrole nitrogens is 1. The minimum absolute atomic E-state index is 0.0488. The van der Waals surface area contributed by atoms with Crippen molar-refractivity contribution < 1.29 is 9.66 Å². The molecule has 0 spiro atoms. The molecule has 8 nitrogen and oxygen atoms in total. The van der Waals surface area contributed by atoms with Crippen molar-refractivity contribution in [3.8, 4) is 11.3 Å². The van der Waals surface area contributed by atoms with Crippen LogP contribution in [0.25, 0.3) is 22.2 Å². The minimum atomic E-state index is -0.362. The van der Waals surface area contributed by atoms with Gasteiger partial charge >= 0.3 is 0 Å². The van der Waals surface area contributed by atoms with E-state index in [0.29, 0.717) is 17.7 Å². The molecule has 0 bridgehead atoms. The van der Waals surface area contributed by atoms with Crippen molar-refractivity contribution in [1.29, 1.82) is 0 Å². The minimum Gasteiger partial charge on any atom is -0.379 e. The molecule has 4 rings (SSSR count). The fraction of sp³-hybridized carbons (Fsp3) is 0.316. The Kier molecular flexibility index (Phi) is 4.99. The highest BCUT2D eigenvalue weighted by Crippen LogP contribution is 2.34. The van der Waals surface area contributed by atoms with Gasteiger partial charge in [-0.2, -0.15) is 5.10 Å². The normalized spacial score (nSPS) is 15.1. The average molecular weight is 367 g/mol. The Labute approximate surface area is 156 Å². The van der Waals surface area contributed by atoms with Crippen LogP contribution in [0.15, 0.2) is 42.5 Å². The Morgan fingerprint density at radius 2 is 2.00 bits per heavy atom.